The van der Waals surface area contributed by atoms with Gasteiger partial charge in [-0.15, -0.1) is 0 Å². The zero-order valence-corrected chi connectivity index (χ0v) is 7.70. The predicted molar refractivity (Wildman–Crippen MR) is 48.0 cm³/mol. The van der Waals surface area contributed by atoms with Crippen molar-refractivity contribution in [3.8, 4) is 6.07 Å². The van der Waals surface area contributed by atoms with Crippen LogP contribution in [0.4, 0.5) is 0 Å². The van der Waals surface area contributed by atoms with E-state index in [0.717, 1.165) is 26.1 Å². The fourth-order valence-corrected chi connectivity index (χ4v) is 1.59. The molecule has 1 aliphatic rings. The molecule has 1 fully saturated rings. The number of hydrogen-bond donors (Lipinski definition) is 2. The van der Waals surface area contributed by atoms with Crippen LogP contribution in [-0.2, 0) is 4.74 Å². The third kappa shape index (κ3) is 3.31. The summed E-state index contributed by atoms with van der Waals surface area (Å²) >= 11 is 0. The maximum atomic E-state index is 8.87. The second-order valence-electron chi connectivity index (χ2n) is 3.23. The van der Waals surface area contributed by atoms with Crippen molar-refractivity contribution in [2.45, 2.75) is 18.9 Å². The molecule has 0 saturated carbocycles. The number of nitrogens with zero attached hydrogens (tertiary/aromatic N) is 1. The van der Waals surface area contributed by atoms with E-state index in [9.17, 15) is 0 Å². The average molecular weight is 184 g/mol. The summed E-state index contributed by atoms with van der Waals surface area (Å²) in [7, 11) is 0. The van der Waals surface area contributed by atoms with Crippen molar-refractivity contribution in [3.05, 3.63) is 0 Å². The van der Waals surface area contributed by atoms with Gasteiger partial charge in [0.25, 0.3) is 0 Å². The zero-order chi connectivity index (χ0) is 9.52. The average Bonchev–Trinajstić information content (AvgIpc) is 2.21. The molecule has 4 nitrogen and oxygen atoms in total. The van der Waals surface area contributed by atoms with Gasteiger partial charge in [0, 0.05) is 19.8 Å². The minimum absolute atomic E-state index is 0.0847. The molecular formula is C9H16N2O2. The van der Waals surface area contributed by atoms with E-state index >= 15 is 0 Å². The minimum atomic E-state index is -0.129. The van der Waals surface area contributed by atoms with Crippen molar-refractivity contribution in [2.75, 3.05) is 26.4 Å². The number of aliphatic hydroxyl groups is 1. The Balaban J connectivity index is 2.31. The molecule has 0 aromatic carbocycles. The summed E-state index contributed by atoms with van der Waals surface area (Å²) in [5.74, 6) is 0.380. The Bertz CT molecular complexity index is 173. The van der Waals surface area contributed by atoms with E-state index in [4.69, 9.17) is 15.1 Å². The van der Waals surface area contributed by atoms with E-state index in [2.05, 4.69) is 11.4 Å². The number of nitriles is 1. The van der Waals surface area contributed by atoms with Gasteiger partial charge in [0.05, 0.1) is 18.7 Å². The molecule has 0 amide bonds. The molecule has 4 heteroatoms. The van der Waals surface area contributed by atoms with Crippen LogP contribution in [0.25, 0.3) is 0 Å². The van der Waals surface area contributed by atoms with Crippen LogP contribution in [0.15, 0.2) is 0 Å². The maximum absolute atomic E-state index is 8.87. The van der Waals surface area contributed by atoms with Crippen molar-refractivity contribution in [3.63, 3.8) is 0 Å². The number of rotatable bonds is 4. The zero-order valence-electron chi connectivity index (χ0n) is 7.70. The van der Waals surface area contributed by atoms with E-state index < -0.39 is 0 Å². The highest BCUT2D eigenvalue weighted by Crippen LogP contribution is 2.18. The molecule has 1 heterocycles. The molecule has 2 N–H and O–H groups in total. The summed E-state index contributed by atoms with van der Waals surface area (Å²) in [4.78, 5) is 0. The summed E-state index contributed by atoms with van der Waals surface area (Å²) in [6.07, 6.45) is 1.88. The fraction of sp³-hybridized carbons (Fsp3) is 0.889. The van der Waals surface area contributed by atoms with Crippen LogP contribution >= 0.6 is 0 Å². The lowest BCUT2D eigenvalue weighted by molar-refractivity contribution is 0.0594. The highest BCUT2D eigenvalue weighted by Gasteiger charge is 2.22. The Labute approximate surface area is 78.5 Å². The van der Waals surface area contributed by atoms with Gasteiger partial charge in [-0.25, -0.2) is 0 Å². The van der Waals surface area contributed by atoms with Crippen LogP contribution in [0.2, 0.25) is 0 Å². The third-order valence-corrected chi connectivity index (χ3v) is 2.35. The van der Waals surface area contributed by atoms with Gasteiger partial charge in [-0.1, -0.05) is 0 Å². The van der Waals surface area contributed by atoms with Gasteiger partial charge in [-0.3, -0.25) is 5.32 Å². The van der Waals surface area contributed by atoms with Crippen molar-refractivity contribution in [1.29, 1.82) is 5.26 Å². The Morgan fingerprint density at radius 3 is 2.77 bits per heavy atom. The first kappa shape index (κ1) is 10.5. The van der Waals surface area contributed by atoms with Crippen molar-refractivity contribution < 1.29 is 9.84 Å². The summed E-state index contributed by atoms with van der Waals surface area (Å²) in [5, 5.41) is 20.5. The molecule has 0 aromatic heterocycles. The van der Waals surface area contributed by atoms with Crippen LogP contribution in [0.5, 0.6) is 0 Å². The molecular weight excluding hydrogens is 168 g/mol. The fourth-order valence-electron chi connectivity index (χ4n) is 1.59. The SMILES string of the molecule is N#CC(NCCO)C1CCOCC1. The van der Waals surface area contributed by atoms with Crippen molar-refractivity contribution >= 4 is 0 Å². The maximum Gasteiger partial charge on any atom is 0.0983 e. The number of ether oxygens (including phenoxy) is 1. The standard InChI is InChI=1S/C9H16N2O2/c10-7-9(11-3-4-12)8-1-5-13-6-2-8/h8-9,11-12H,1-6H2. The second kappa shape index (κ2) is 5.92. The van der Waals surface area contributed by atoms with Crippen LogP contribution in [-0.4, -0.2) is 37.5 Å². The smallest absolute Gasteiger partial charge is 0.0983 e. The Morgan fingerprint density at radius 1 is 1.54 bits per heavy atom. The van der Waals surface area contributed by atoms with Crippen LogP contribution in [0.1, 0.15) is 12.8 Å². The Morgan fingerprint density at radius 2 is 2.23 bits per heavy atom. The molecule has 0 bridgehead atoms. The molecule has 13 heavy (non-hydrogen) atoms. The highest BCUT2D eigenvalue weighted by molar-refractivity contribution is 4.95. The molecule has 74 valence electrons. The third-order valence-electron chi connectivity index (χ3n) is 2.35. The lowest BCUT2D eigenvalue weighted by Gasteiger charge is -2.26. The predicted octanol–water partition coefficient (Wildman–Crippen LogP) is -0.113. The van der Waals surface area contributed by atoms with Gasteiger partial charge >= 0.3 is 0 Å². The highest BCUT2D eigenvalue weighted by atomic mass is 16.5. The van der Waals surface area contributed by atoms with Crippen LogP contribution in [0, 0.1) is 17.2 Å². The first-order valence-electron chi connectivity index (χ1n) is 4.70. The van der Waals surface area contributed by atoms with Gasteiger partial charge in [0.1, 0.15) is 0 Å². The molecule has 1 atom stereocenters. The first-order chi connectivity index (χ1) is 6.38. The van der Waals surface area contributed by atoms with Crippen LogP contribution in [0.3, 0.4) is 0 Å². The van der Waals surface area contributed by atoms with E-state index in [1.54, 1.807) is 0 Å². The number of hydrogen-bond acceptors (Lipinski definition) is 4. The van der Waals surface area contributed by atoms with E-state index in [1.165, 1.54) is 0 Å². The second-order valence-corrected chi connectivity index (χ2v) is 3.23. The molecule has 0 radical (unpaired) electrons. The Hall–Kier alpha value is -0.630. The molecule has 0 spiro atoms. The summed E-state index contributed by atoms with van der Waals surface area (Å²) in [6, 6.07) is 2.10. The van der Waals surface area contributed by atoms with E-state index in [0.29, 0.717) is 12.5 Å². The summed E-state index contributed by atoms with van der Waals surface area (Å²) < 4.78 is 5.21. The lowest BCUT2D eigenvalue weighted by atomic mass is 9.92. The largest absolute Gasteiger partial charge is 0.395 e. The summed E-state index contributed by atoms with van der Waals surface area (Å²) in [5.41, 5.74) is 0. The molecule has 1 aliphatic heterocycles. The van der Waals surface area contributed by atoms with Gasteiger partial charge in [0.15, 0.2) is 0 Å². The Kier molecular flexibility index (Phi) is 4.76. The monoisotopic (exact) mass is 184 g/mol. The number of aliphatic hydroxyl groups excluding tert-OH is 1. The molecule has 1 unspecified atom stereocenters. The van der Waals surface area contributed by atoms with Gasteiger partial charge in [0.2, 0.25) is 0 Å². The van der Waals surface area contributed by atoms with Crippen LogP contribution < -0.4 is 5.32 Å². The molecule has 1 saturated heterocycles. The normalized spacial score (nSPS) is 20.9. The van der Waals surface area contributed by atoms with Crippen molar-refractivity contribution in [2.24, 2.45) is 5.92 Å². The molecule has 1 rings (SSSR count). The van der Waals surface area contributed by atoms with Gasteiger partial charge in [-0.2, -0.15) is 5.26 Å². The van der Waals surface area contributed by atoms with Gasteiger partial charge in [-0.05, 0) is 18.8 Å². The van der Waals surface area contributed by atoms with Crippen molar-refractivity contribution in [1.82, 2.24) is 5.32 Å². The van der Waals surface area contributed by atoms with Gasteiger partial charge < -0.3 is 9.84 Å². The lowest BCUT2D eigenvalue weighted by Crippen LogP contribution is -2.39. The molecule has 0 aromatic rings. The molecule has 0 aliphatic carbocycles. The topological polar surface area (TPSA) is 65.3 Å². The first-order valence-corrected chi connectivity index (χ1v) is 4.70. The summed E-state index contributed by atoms with van der Waals surface area (Å²) in [6.45, 7) is 2.09. The quantitative estimate of drug-likeness (QED) is 0.639. The number of nitrogens with one attached hydrogen (secondary N) is 1. The minimum Gasteiger partial charge on any atom is -0.395 e. The van der Waals surface area contributed by atoms with E-state index in [1.807, 2.05) is 0 Å². The van der Waals surface area contributed by atoms with E-state index in [-0.39, 0.29) is 12.6 Å².